The number of benzene rings is 1. The number of ether oxygens (including phenoxy) is 2. The predicted octanol–water partition coefficient (Wildman–Crippen LogP) is 1.93. The van der Waals surface area contributed by atoms with E-state index in [0.29, 0.717) is 11.1 Å². The Kier molecular flexibility index (Phi) is 4.35. The second-order valence-corrected chi connectivity index (χ2v) is 6.45. The highest BCUT2D eigenvalue weighted by Gasteiger charge is 2.64. The van der Waals surface area contributed by atoms with Crippen molar-refractivity contribution in [2.24, 2.45) is 11.3 Å². The largest absolute Gasteiger partial charge is 0.468 e. The number of hydrogen-bond acceptors (Lipinski definition) is 7. The molecule has 136 valence electrons. The van der Waals surface area contributed by atoms with Gasteiger partial charge in [0.15, 0.2) is 11.2 Å². The van der Waals surface area contributed by atoms with Crippen LogP contribution >= 0.6 is 0 Å². The van der Waals surface area contributed by atoms with E-state index in [2.05, 4.69) is 0 Å². The first-order valence-corrected chi connectivity index (χ1v) is 7.99. The molecule has 0 heterocycles. The van der Waals surface area contributed by atoms with E-state index >= 15 is 0 Å². The van der Waals surface area contributed by atoms with Crippen LogP contribution in [0, 0.1) is 21.4 Å². The molecule has 1 aromatic rings. The fourth-order valence-electron chi connectivity index (χ4n) is 4.18. The molecule has 0 aliphatic heterocycles. The van der Waals surface area contributed by atoms with Gasteiger partial charge in [0.05, 0.1) is 19.1 Å². The molecule has 0 bridgehead atoms. The van der Waals surface area contributed by atoms with Gasteiger partial charge in [0.25, 0.3) is 5.69 Å². The summed E-state index contributed by atoms with van der Waals surface area (Å²) < 4.78 is 9.81. The Morgan fingerprint density at radius 3 is 2.23 bits per heavy atom. The third-order valence-corrected chi connectivity index (χ3v) is 5.22. The van der Waals surface area contributed by atoms with E-state index in [0.717, 1.165) is 0 Å². The maximum absolute atomic E-state index is 12.7. The maximum Gasteiger partial charge on any atom is 0.324 e. The molecule has 26 heavy (non-hydrogen) atoms. The average Bonchev–Trinajstić information content (AvgIpc) is 3.13. The number of methoxy groups -OCH3 is 2. The van der Waals surface area contributed by atoms with Gasteiger partial charge in [-0.15, -0.1) is 0 Å². The summed E-state index contributed by atoms with van der Waals surface area (Å²) in [4.78, 5) is 47.6. The van der Waals surface area contributed by atoms with Gasteiger partial charge in [0.1, 0.15) is 0 Å². The summed E-state index contributed by atoms with van der Waals surface area (Å²) in [6, 6.07) is 5.64. The van der Waals surface area contributed by atoms with E-state index in [1.54, 1.807) is 0 Å². The molecule has 0 saturated heterocycles. The zero-order chi connectivity index (χ0) is 19.1. The second kappa shape index (κ2) is 6.36. The Labute approximate surface area is 148 Å². The van der Waals surface area contributed by atoms with Gasteiger partial charge < -0.3 is 9.47 Å². The van der Waals surface area contributed by atoms with Crippen LogP contribution in [0.1, 0.15) is 24.3 Å². The van der Waals surface area contributed by atoms with E-state index in [9.17, 15) is 24.5 Å². The minimum absolute atomic E-state index is 0.0322. The van der Waals surface area contributed by atoms with Crippen LogP contribution in [0.4, 0.5) is 5.69 Å². The zero-order valence-electron chi connectivity index (χ0n) is 14.3. The minimum Gasteiger partial charge on any atom is -0.468 e. The van der Waals surface area contributed by atoms with Crippen molar-refractivity contribution >= 4 is 23.4 Å². The molecule has 8 nitrogen and oxygen atoms in total. The van der Waals surface area contributed by atoms with E-state index < -0.39 is 28.2 Å². The molecule has 1 fully saturated rings. The third kappa shape index (κ3) is 2.49. The normalized spacial score (nSPS) is 23.2. The summed E-state index contributed by atoms with van der Waals surface area (Å²) in [5.41, 5.74) is -0.466. The first-order valence-electron chi connectivity index (χ1n) is 7.99. The van der Waals surface area contributed by atoms with Crippen molar-refractivity contribution in [3.8, 4) is 0 Å². The lowest BCUT2D eigenvalue weighted by molar-refractivity contribution is -0.384. The molecule has 1 aromatic carbocycles. The maximum atomic E-state index is 12.7. The molecule has 8 heteroatoms. The molecule has 0 N–H and O–H groups in total. The lowest BCUT2D eigenvalue weighted by atomic mass is 9.70. The Morgan fingerprint density at radius 2 is 1.73 bits per heavy atom. The molecular formula is C18H17NO7. The van der Waals surface area contributed by atoms with E-state index in [-0.39, 0.29) is 30.2 Å². The minimum atomic E-state index is -1.61. The van der Waals surface area contributed by atoms with E-state index in [1.165, 1.54) is 44.6 Å². The van der Waals surface area contributed by atoms with Gasteiger partial charge in [-0.05, 0) is 24.0 Å². The number of nitro benzene ring substituents is 1. The molecule has 2 atom stereocenters. The number of ketones is 1. The van der Waals surface area contributed by atoms with Crippen LogP contribution in [0.25, 0.3) is 0 Å². The summed E-state index contributed by atoms with van der Waals surface area (Å²) in [5, 5.41) is 10.9. The summed E-state index contributed by atoms with van der Waals surface area (Å²) in [6.45, 7) is 0. The number of non-ortho nitro benzene ring substituents is 1. The quantitative estimate of drug-likeness (QED) is 0.349. The number of hydrogen-bond donors (Lipinski definition) is 0. The van der Waals surface area contributed by atoms with Crippen LogP contribution in [0.15, 0.2) is 35.9 Å². The van der Waals surface area contributed by atoms with Crippen LogP contribution in [0.2, 0.25) is 0 Å². The van der Waals surface area contributed by atoms with Crippen molar-refractivity contribution in [1.29, 1.82) is 0 Å². The van der Waals surface area contributed by atoms with Crippen LogP contribution in [-0.4, -0.2) is 36.9 Å². The second-order valence-electron chi connectivity index (χ2n) is 6.45. The summed E-state index contributed by atoms with van der Waals surface area (Å²) in [6.07, 6.45) is 1.67. The Morgan fingerprint density at radius 1 is 1.15 bits per heavy atom. The average molecular weight is 359 g/mol. The molecular weight excluding hydrogens is 342 g/mol. The summed E-state index contributed by atoms with van der Waals surface area (Å²) in [7, 11) is 2.38. The topological polar surface area (TPSA) is 113 Å². The van der Waals surface area contributed by atoms with Crippen molar-refractivity contribution in [3.05, 3.63) is 51.6 Å². The van der Waals surface area contributed by atoms with Crippen molar-refractivity contribution in [1.82, 2.24) is 0 Å². The third-order valence-electron chi connectivity index (χ3n) is 5.22. The Hall–Kier alpha value is -3.03. The molecule has 2 aliphatic carbocycles. The number of nitrogens with zero attached hydrogens (tertiary/aromatic N) is 1. The molecule has 0 radical (unpaired) electrons. The lowest BCUT2D eigenvalue weighted by Gasteiger charge is -2.32. The van der Waals surface area contributed by atoms with Crippen LogP contribution in [0.3, 0.4) is 0 Å². The Balaban J connectivity index is 2.17. The molecule has 0 aromatic heterocycles. The van der Waals surface area contributed by atoms with Gasteiger partial charge in [0.2, 0.25) is 0 Å². The van der Waals surface area contributed by atoms with Crippen LogP contribution in [0.5, 0.6) is 0 Å². The van der Waals surface area contributed by atoms with Crippen molar-refractivity contribution in [3.63, 3.8) is 0 Å². The molecule has 0 spiro atoms. The number of rotatable bonds is 4. The van der Waals surface area contributed by atoms with E-state index in [4.69, 9.17) is 9.47 Å². The predicted molar refractivity (Wildman–Crippen MR) is 88.1 cm³/mol. The van der Waals surface area contributed by atoms with E-state index in [1.807, 2.05) is 0 Å². The fraction of sp³-hybridized carbons (Fsp3) is 0.389. The van der Waals surface area contributed by atoms with Crippen molar-refractivity contribution in [2.45, 2.75) is 18.8 Å². The SMILES string of the molecule is COC(=O)C1(C(=O)OC)CC2=CC(=O)C[C@@H]2[C@H]1c1ccc([N+](=O)[O-])cc1. The zero-order valence-corrected chi connectivity index (χ0v) is 14.3. The molecule has 0 unspecified atom stereocenters. The van der Waals surface area contributed by atoms with Gasteiger partial charge in [0, 0.05) is 24.5 Å². The number of carbonyl (C=O) groups is 3. The standard InChI is InChI=1S/C18H17NO7/c1-25-16(21)18(17(22)26-2)9-11-7-13(20)8-14(11)15(18)10-3-5-12(6-4-10)19(23)24/h3-7,14-15H,8-9H2,1-2H3/t14-,15+/m0/s1. The first kappa shape index (κ1) is 17.8. The van der Waals surface area contributed by atoms with Crippen LogP contribution in [-0.2, 0) is 23.9 Å². The van der Waals surface area contributed by atoms with Gasteiger partial charge in [-0.25, -0.2) is 0 Å². The summed E-state index contributed by atoms with van der Waals surface area (Å²) in [5.74, 6) is -2.59. The first-order chi connectivity index (χ1) is 12.3. The molecule has 1 saturated carbocycles. The highest BCUT2D eigenvalue weighted by atomic mass is 16.6. The smallest absolute Gasteiger partial charge is 0.324 e. The van der Waals surface area contributed by atoms with Crippen LogP contribution < -0.4 is 0 Å². The molecule has 3 rings (SSSR count). The van der Waals surface area contributed by atoms with Gasteiger partial charge in [-0.1, -0.05) is 17.7 Å². The molecule has 0 amide bonds. The van der Waals surface area contributed by atoms with Crippen molar-refractivity contribution < 1.29 is 28.8 Å². The van der Waals surface area contributed by atoms with Gasteiger partial charge >= 0.3 is 11.9 Å². The van der Waals surface area contributed by atoms with Gasteiger partial charge in [-0.3, -0.25) is 24.5 Å². The summed E-state index contributed by atoms with van der Waals surface area (Å²) >= 11 is 0. The highest BCUT2D eigenvalue weighted by Crippen LogP contribution is 2.59. The Bertz CT molecular complexity index is 808. The highest BCUT2D eigenvalue weighted by molar-refractivity contribution is 6.04. The van der Waals surface area contributed by atoms with Gasteiger partial charge in [-0.2, -0.15) is 0 Å². The monoisotopic (exact) mass is 359 g/mol. The fourth-order valence-corrected chi connectivity index (χ4v) is 4.18. The number of fused-ring (bicyclic) bond motifs is 1. The number of carbonyl (C=O) groups excluding carboxylic acids is 3. The number of allylic oxidation sites excluding steroid dienone is 2. The number of nitro groups is 1. The molecule has 2 aliphatic rings. The van der Waals surface area contributed by atoms with Crippen molar-refractivity contribution in [2.75, 3.05) is 14.2 Å². The lowest BCUT2D eigenvalue weighted by Crippen LogP contribution is -2.44. The number of esters is 2.